The fourth-order valence-electron chi connectivity index (χ4n) is 2.93. The Balaban J connectivity index is 1.47. The lowest BCUT2D eigenvalue weighted by Crippen LogP contribution is -2.51. The van der Waals surface area contributed by atoms with Crippen molar-refractivity contribution < 1.29 is 18.3 Å². The van der Waals surface area contributed by atoms with E-state index in [-0.39, 0.29) is 18.3 Å². The molecule has 1 aliphatic rings. The van der Waals surface area contributed by atoms with Crippen LogP contribution in [0.4, 0.5) is 19.3 Å². The standard InChI is InChI=1S/C19H21F2N3O2/c20-18(21)26-17-8-4-5-15(13-17)14-22-19(25)24-11-9-23(10-12-24)16-6-2-1-3-7-16/h1-8,13,18H,9-12,14H2,(H,22,25). The molecule has 0 atom stereocenters. The molecule has 2 aromatic carbocycles. The molecule has 1 heterocycles. The lowest BCUT2D eigenvalue weighted by Gasteiger charge is -2.36. The van der Waals surface area contributed by atoms with E-state index in [9.17, 15) is 13.6 Å². The Kier molecular flexibility index (Phi) is 5.88. The Morgan fingerprint density at radius 2 is 1.77 bits per heavy atom. The van der Waals surface area contributed by atoms with Crippen molar-refractivity contribution >= 4 is 11.7 Å². The highest BCUT2D eigenvalue weighted by atomic mass is 19.3. The van der Waals surface area contributed by atoms with Gasteiger partial charge in [0.1, 0.15) is 5.75 Å². The van der Waals surface area contributed by atoms with Crippen LogP contribution in [-0.2, 0) is 6.54 Å². The molecule has 0 bridgehead atoms. The number of amides is 2. The van der Waals surface area contributed by atoms with Crippen molar-refractivity contribution in [3.63, 3.8) is 0 Å². The van der Waals surface area contributed by atoms with Gasteiger partial charge in [0, 0.05) is 38.4 Å². The summed E-state index contributed by atoms with van der Waals surface area (Å²) in [4.78, 5) is 16.3. The Bertz CT molecular complexity index is 720. The van der Waals surface area contributed by atoms with Crippen LogP contribution in [0, 0.1) is 0 Å². The quantitative estimate of drug-likeness (QED) is 0.889. The van der Waals surface area contributed by atoms with Crippen molar-refractivity contribution in [1.82, 2.24) is 10.2 Å². The Hall–Kier alpha value is -2.83. The lowest BCUT2D eigenvalue weighted by molar-refractivity contribution is -0.0498. The van der Waals surface area contributed by atoms with Gasteiger partial charge >= 0.3 is 12.6 Å². The second-order valence-corrected chi connectivity index (χ2v) is 5.99. The van der Waals surface area contributed by atoms with Crippen LogP contribution in [0.3, 0.4) is 0 Å². The molecule has 5 nitrogen and oxygen atoms in total. The number of urea groups is 1. The number of rotatable bonds is 5. The molecule has 0 saturated carbocycles. The molecule has 7 heteroatoms. The van der Waals surface area contributed by atoms with Gasteiger partial charge in [0.25, 0.3) is 0 Å². The van der Waals surface area contributed by atoms with Gasteiger partial charge in [0.05, 0.1) is 0 Å². The minimum Gasteiger partial charge on any atom is -0.435 e. The number of para-hydroxylation sites is 1. The third kappa shape index (κ3) is 4.84. The zero-order valence-electron chi connectivity index (χ0n) is 14.3. The van der Waals surface area contributed by atoms with E-state index in [1.54, 1.807) is 17.0 Å². The molecule has 2 amide bonds. The summed E-state index contributed by atoms with van der Waals surface area (Å²) in [6, 6.07) is 16.3. The maximum Gasteiger partial charge on any atom is 0.387 e. The summed E-state index contributed by atoms with van der Waals surface area (Å²) in [5.74, 6) is 0.0863. The van der Waals surface area contributed by atoms with E-state index >= 15 is 0 Å². The third-order valence-corrected chi connectivity index (χ3v) is 4.26. The number of hydrogen-bond acceptors (Lipinski definition) is 3. The van der Waals surface area contributed by atoms with E-state index in [0.29, 0.717) is 18.7 Å². The van der Waals surface area contributed by atoms with Crippen molar-refractivity contribution in [3.05, 3.63) is 60.2 Å². The van der Waals surface area contributed by atoms with Crippen molar-refractivity contribution in [2.75, 3.05) is 31.1 Å². The molecule has 0 aliphatic carbocycles. The van der Waals surface area contributed by atoms with Crippen LogP contribution in [0.5, 0.6) is 5.75 Å². The summed E-state index contributed by atoms with van der Waals surface area (Å²) >= 11 is 0. The number of carbonyl (C=O) groups excluding carboxylic acids is 1. The number of nitrogens with one attached hydrogen (secondary N) is 1. The van der Waals surface area contributed by atoms with Gasteiger partial charge in [-0.15, -0.1) is 0 Å². The number of benzene rings is 2. The van der Waals surface area contributed by atoms with Gasteiger partial charge in [-0.1, -0.05) is 30.3 Å². The van der Waals surface area contributed by atoms with Gasteiger partial charge in [0.2, 0.25) is 0 Å². The first-order valence-electron chi connectivity index (χ1n) is 8.48. The zero-order chi connectivity index (χ0) is 18.4. The molecule has 0 unspecified atom stereocenters. The average Bonchev–Trinajstić information content (AvgIpc) is 2.67. The number of nitrogens with zero attached hydrogens (tertiary/aromatic N) is 2. The Labute approximate surface area is 151 Å². The number of piperazine rings is 1. The first-order chi connectivity index (χ1) is 12.6. The predicted molar refractivity (Wildman–Crippen MR) is 95.5 cm³/mol. The van der Waals surface area contributed by atoms with E-state index in [1.807, 2.05) is 18.2 Å². The SMILES string of the molecule is O=C(NCc1cccc(OC(F)F)c1)N1CCN(c2ccccc2)CC1. The van der Waals surface area contributed by atoms with Gasteiger partial charge in [-0.3, -0.25) is 0 Å². The maximum atomic E-state index is 12.3. The first-order valence-corrected chi connectivity index (χ1v) is 8.48. The summed E-state index contributed by atoms with van der Waals surface area (Å²) < 4.78 is 28.9. The minimum absolute atomic E-state index is 0.0863. The smallest absolute Gasteiger partial charge is 0.387 e. The van der Waals surface area contributed by atoms with Gasteiger partial charge in [-0.25, -0.2) is 4.79 Å². The Morgan fingerprint density at radius 1 is 1.04 bits per heavy atom. The molecule has 0 aromatic heterocycles. The van der Waals surface area contributed by atoms with Crippen molar-refractivity contribution in [2.24, 2.45) is 0 Å². The van der Waals surface area contributed by atoms with Crippen LogP contribution in [-0.4, -0.2) is 43.7 Å². The molecule has 3 rings (SSSR count). The molecule has 1 aliphatic heterocycles. The van der Waals surface area contributed by atoms with Gasteiger partial charge < -0.3 is 19.9 Å². The molecule has 2 aromatic rings. The summed E-state index contributed by atoms with van der Waals surface area (Å²) in [6.07, 6.45) is 0. The number of ether oxygens (including phenoxy) is 1. The fourth-order valence-corrected chi connectivity index (χ4v) is 2.93. The molecule has 138 valence electrons. The molecular formula is C19H21F2N3O2. The van der Waals surface area contributed by atoms with E-state index in [1.165, 1.54) is 12.1 Å². The molecule has 0 radical (unpaired) electrons. The topological polar surface area (TPSA) is 44.8 Å². The van der Waals surface area contributed by atoms with E-state index in [0.717, 1.165) is 18.8 Å². The van der Waals surface area contributed by atoms with Crippen LogP contribution in [0.1, 0.15) is 5.56 Å². The summed E-state index contributed by atoms with van der Waals surface area (Å²) in [5.41, 5.74) is 1.86. The van der Waals surface area contributed by atoms with Crippen LogP contribution in [0.25, 0.3) is 0 Å². The number of hydrogen-bond donors (Lipinski definition) is 1. The number of anilines is 1. The normalized spacial score (nSPS) is 14.4. The lowest BCUT2D eigenvalue weighted by atomic mass is 10.2. The molecular weight excluding hydrogens is 340 g/mol. The maximum absolute atomic E-state index is 12.3. The highest BCUT2D eigenvalue weighted by Gasteiger charge is 2.21. The third-order valence-electron chi connectivity index (χ3n) is 4.26. The van der Waals surface area contributed by atoms with E-state index < -0.39 is 6.61 Å². The second-order valence-electron chi connectivity index (χ2n) is 5.99. The molecule has 1 saturated heterocycles. The summed E-state index contributed by atoms with van der Waals surface area (Å²) in [6.45, 7) is 0.216. The zero-order valence-corrected chi connectivity index (χ0v) is 14.3. The minimum atomic E-state index is -2.86. The summed E-state index contributed by atoms with van der Waals surface area (Å²) in [7, 11) is 0. The van der Waals surface area contributed by atoms with Crippen LogP contribution >= 0.6 is 0 Å². The molecule has 1 N–H and O–H groups in total. The van der Waals surface area contributed by atoms with Crippen LogP contribution in [0.15, 0.2) is 54.6 Å². The molecule has 0 spiro atoms. The average molecular weight is 361 g/mol. The van der Waals surface area contributed by atoms with Crippen molar-refractivity contribution in [2.45, 2.75) is 13.2 Å². The second kappa shape index (κ2) is 8.51. The molecule has 1 fully saturated rings. The van der Waals surface area contributed by atoms with E-state index in [2.05, 4.69) is 27.1 Å². The number of halogens is 2. The predicted octanol–water partition coefficient (Wildman–Crippen LogP) is 3.32. The fraction of sp³-hybridized carbons (Fsp3) is 0.316. The van der Waals surface area contributed by atoms with Crippen LogP contribution in [0.2, 0.25) is 0 Å². The number of alkyl halides is 2. The van der Waals surface area contributed by atoms with Gasteiger partial charge in [-0.05, 0) is 29.8 Å². The monoisotopic (exact) mass is 361 g/mol. The Morgan fingerprint density at radius 3 is 2.46 bits per heavy atom. The first kappa shape index (κ1) is 18.0. The highest BCUT2D eigenvalue weighted by molar-refractivity contribution is 5.74. The molecule has 26 heavy (non-hydrogen) atoms. The van der Waals surface area contributed by atoms with Crippen molar-refractivity contribution in [1.29, 1.82) is 0 Å². The van der Waals surface area contributed by atoms with Gasteiger partial charge in [-0.2, -0.15) is 8.78 Å². The van der Waals surface area contributed by atoms with Gasteiger partial charge in [0.15, 0.2) is 0 Å². The largest absolute Gasteiger partial charge is 0.435 e. The van der Waals surface area contributed by atoms with Crippen LogP contribution < -0.4 is 15.0 Å². The summed E-state index contributed by atoms with van der Waals surface area (Å²) in [5, 5.41) is 2.83. The van der Waals surface area contributed by atoms with Crippen molar-refractivity contribution in [3.8, 4) is 5.75 Å². The van der Waals surface area contributed by atoms with E-state index in [4.69, 9.17) is 0 Å². The number of carbonyl (C=O) groups is 1. The highest BCUT2D eigenvalue weighted by Crippen LogP contribution is 2.17.